The van der Waals surface area contributed by atoms with Gasteiger partial charge < -0.3 is 4.90 Å². The molecule has 3 heterocycles. The molecule has 3 aromatic rings. The number of carbonyl (C=O) groups excluding carboxylic acids is 1. The van der Waals surface area contributed by atoms with Gasteiger partial charge in [0.1, 0.15) is 0 Å². The lowest BCUT2D eigenvalue weighted by atomic mass is 9.96. The van der Waals surface area contributed by atoms with Crippen LogP contribution < -0.4 is 0 Å². The zero-order valence-electron chi connectivity index (χ0n) is 13.4. The molecule has 1 amide bonds. The van der Waals surface area contributed by atoms with Crippen molar-refractivity contribution in [3.63, 3.8) is 0 Å². The second-order valence-corrected chi connectivity index (χ2v) is 6.34. The molecule has 24 heavy (non-hydrogen) atoms. The lowest BCUT2D eigenvalue weighted by molar-refractivity contribution is 0.0786. The van der Waals surface area contributed by atoms with Crippen LogP contribution in [-0.2, 0) is 6.42 Å². The minimum Gasteiger partial charge on any atom is -0.338 e. The molecule has 0 saturated carbocycles. The highest BCUT2D eigenvalue weighted by atomic mass is 16.2. The highest BCUT2D eigenvalue weighted by Gasteiger charge is 2.27. The van der Waals surface area contributed by atoms with Crippen molar-refractivity contribution in [3.05, 3.63) is 72.2 Å². The van der Waals surface area contributed by atoms with E-state index in [1.807, 2.05) is 35.4 Å². The predicted molar refractivity (Wildman–Crippen MR) is 93.7 cm³/mol. The molecular formula is C20H19N3O. The summed E-state index contributed by atoms with van der Waals surface area (Å²) in [6, 6.07) is 14.0. The van der Waals surface area contributed by atoms with Gasteiger partial charge >= 0.3 is 0 Å². The molecule has 0 unspecified atom stereocenters. The maximum absolute atomic E-state index is 12.5. The van der Waals surface area contributed by atoms with E-state index in [0.717, 1.165) is 31.4 Å². The van der Waals surface area contributed by atoms with Crippen LogP contribution in [0.15, 0.2) is 61.1 Å². The number of benzene rings is 1. The molecule has 120 valence electrons. The Morgan fingerprint density at radius 1 is 1.12 bits per heavy atom. The fourth-order valence-corrected chi connectivity index (χ4v) is 3.51. The molecule has 2 aromatic heterocycles. The molecule has 0 spiro atoms. The van der Waals surface area contributed by atoms with E-state index in [9.17, 15) is 4.79 Å². The van der Waals surface area contributed by atoms with Gasteiger partial charge in [-0.1, -0.05) is 18.2 Å². The Morgan fingerprint density at radius 2 is 2.04 bits per heavy atom. The van der Waals surface area contributed by atoms with Gasteiger partial charge in [-0.05, 0) is 48.6 Å². The van der Waals surface area contributed by atoms with Gasteiger partial charge in [-0.15, -0.1) is 0 Å². The molecule has 1 atom stereocenters. The first-order valence-corrected chi connectivity index (χ1v) is 8.33. The first-order valence-electron chi connectivity index (χ1n) is 8.33. The van der Waals surface area contributed by atoms with Crippen LogP contribution in [0.1, 0.15) is 22.3 Å². The fourth-order valence-electron chi connectivity index (χ4n) is 3.51. The molecule has 0 radical (unpaired) electrons. The molecule has 0 bridgehead atoms. The van der Waals surface area contributed by atoms with Crippen molar-refractivity contribution >= 4 is 16.8 Å². The number of aromatic nitrogens is 2. The summed E-state index contributed by atoms with van der Waals surface area (Å²) in [4.78, 5) is 23.0. The summed E-state index contributed by atoms with van der Waals surface area (Å²) >= 11 is 0. The van der Waals surface area contributed by atoms with Crippen LogP contribution in [0.25, 0.3) is 10.9 Å². The molecule has 1 aliphatic rings. The van der Waals surface area contributed by atoms with Crippen LogP contribution in [-0.4, -0.2) is 33.9 Å². The second-order valence-electron chi connectivity index (χ2n) is 6.34. The summed E-state index contributed by atoms with van der Waals surface area (Å²) in [5.74, 6) is 0.585. The molecule has 4 rings (SSSR count). The third kappa shape index (κ3) is 2.87. The summed E-state index contributed by atoms with van der Waals surface area (Å²) in [6.07, 6.45) is 7.20. The number of carbonyl (C=O) groups is 1. The van der Waals surface area contributed by atoms with Crippen molar-refractivity contribution in [1.29, 1.82) is 0 Å². The minimum absolute atomic E-state index is 0.0881. The summed E-state index contributed by atoms with van der Waals surface area (Å²) in [6.45, 7) is 1.63. The first kappa shape index (κ1) is 14.8. The number of hydrogen-bond acceptors (Lipinski definition) is 3. The molecule has 0 N–H and O–H groups in total. The Bertz CT molecular complexity index is 858. The van der Waals surface area contributed by atoms with Gasteiger partial charge in [-0.3, -0.25) is 14.8 Å². The Balaban J connectivity index is 1.48. The van der Waals surface area contributed by atoms with Gasteiger partial charge in [0.25, 0.3) is 5.91 Å². The van der Waals surface area contributed by atoms with Gasteiger partial charge in [0.05, 0.1) is 11.1 Å². The molecule has 1 aromatic carbocycles. The topological polar surface area (TPSA) is 46.1 Å². The van der Waals surface area contributed by atoms with Gasteiger partial charge in [-0.25, -0.2) is 0 Å². The summed E-state index contributed by atoms with van der Waals surface area (Å²) < 4.78 is 0. The van der Waals surface area contributed by atoms with Crippen molar-refractivity contribution in [2.24, 2.45) is 5.92 Å². The maximum atomic E-state index is 12.5. The van der Waals surface area contributed by atoms with Crippen molar-refractivity contribution in [3.8, 4) is 0 Å². The van der Waals surface area contributed by atoms with Crippen LogP contribution in [0.4, 0.5) is 0 Å². The number of fused-ring (bicyclic) bond motifs is 1. The molecule has 1 fully saturated rings. The Morgan fingerprint density at radius 3 is 2.92 bits per heavy atom. The summed E-state index contributed by atoms with van der Waals surface area (Å²) in [5, 5.41) is 1.22. The third-order valence-electron chi connectivity index (χ3n) is 4.73. The molecule has 1 saturated heterocycles. The zero-order chi connectivity index (χ0) is 16.4. The van der Waals surface area contributed by atoms with Crippen molar-refractivity contribution in [2.45, 2.75) is 12.8 Å². The average Bonchev–Trinajstić information content (AvgIpc) is 3.11. The Labute approximate surface area is 141 Å². The standard InChI is InChI=1S/C20H19N3O/c24-20(17-5-2-9-21-13-17)23-11-8-15(14-23)12-16-4-1-7-19-18(16)6-3-10-22-19/h1-7,9-10,13,15H,8,11-12,14H2/t15-/m0/s1. The quantitative estimate of drug-likeness (QED) is 0.744. The van der Waals surface area contributed by atoms with E-state index < -0.39 is 0 Å². The number of pyridine rings is 2. The van der Waals surface area contributed by atoms with Gasteiger partial charge in [0.15, 0.2) is 0 Å². The highest BCUT2D eigenvalue weighted by molar-refractivity contribution is 5.94. The lowest BCUT2D eigenvalue weighted by Gasteiger charge is -2.17. The van der Waals surface area contributed by atoms with E-state index in [1.54, 1.807) is 12.4 Å². The first-order chi connectivity index (χ1) is 11.8. The van der Waals surface area contributed by atoms with Crippen LogP contribution in [0.3, 0.4) is 0 Å². The lowest BCUT2D eigenvalue weighted by Crippen LogP contribution is -2.29. The van der Waals surface area contributed by atoms with Gasteiger partial charge in [-0.2, -0.15) is 0 Å². The van der Waals surface area contributed by atoms with Crippen LogP contribution in [0.2, 0.25) is 0 Å². The normalized spacial score (nSPS) is 17.3. The largest absolute Gasteiger partial charge is 0.338 e. The van der Waals surface area contributed by atoms with E-state index in [-0.39, 0.29) is 5.91 Å². The van der Waals surface area contributed by atoms with Crippen LogP contribution in [0.5, 0.6) is 0 Å². The number of nitrogens with zero attached hydrogens (tertiary/aromatic N) is 3. The van der Waals surface area contributed by atoms with E-state index in [0.29, 0.717) is 11.5 Å². The average molecular weight is 317 g/mol. The van der Waals surface area contributed by atoms with Crippen LogP contribution in [0, 0.1) is 5.92 Å². The Kier molecular flexibility index (Phi) is 3.95. The van der Waals surface area contributed by atoms with Crippen molar-refractivity contribution in [2.75, 3.05) is 13.1 Å². The molecule has 0 aliphatic carbocycles. The maximum Gasteiger partial charge on any atom is 0.255 e. The fraction of sp³-hybridized carbons (Fsp3) is 0.250. The van der Waals surface area contributed by atoms with Crippen molar-refractivity contribution in [1.82, 2.24) is 14.9 Å². The van der Waals surface area contributed by atoms with Crippen molar-refractivity contribution < 1.29 is 4.79 Å². The van der Waals surface area contributed by atoms with E-state index in [1.165, 1.54) is 10.9 Å². The molecular weight excluding hydrogens is 298 g/mol. The highest BCUT2D eigenvalue weighted by Crippen LogP contribution is 2.25. The zero-order valence-corrected chi connectivity index (χ0v) is 13.4. The molecule has 4 heteroatoms. The number of hydrogen-bond donors (Lipinski definition) is 0. The van der Waals surface area contributed by atoms with E-state index in [2.05, 4.69) is 28.2 Å². The predicted octanol–water partition coefficient (Wildman–Crippen LogP) is 3.33. The summed E-state index contributed by atoms with van der Waals surface area (Å²) in [5.41, 5.74) is 3.03. The molecule has 4 nitrogen and oxygen atoms in total. The SMILES string of the molecule is O=C(c1cccnc1)N1CC[C@@H](Cc2cccc3ncccc23)C1. The van der Waals surface area contributed by atoms with Crippen LogP contribution >= 0.6 is 0 Å². The van der Waals surface area contributed by atoms with Gasteiger partial charge in [0.2, 0.25) is 0 Å². The van der Waals surface area contributed by atoms with E-state index in [4.69, 9.17) is 0 Å². The minimum atomic E-state index is 0.0881. The Hall–Kier alpha value is -2.75. The third-order valence-corrected chi connectivity index (χ3v) is 4.73. The molecule has 1 aliphatic heterocycles. The smallest absolute Gasteiger partial charge is 0.255 e. The summed E-state index contributed by atoms with van der Waals surface area (Å²) in [7, 11) is 0. The van der Waals surface area contributed by atoms with Gasteiger partial charge in [0, 0.05) is 37.1 Å². The number of likely N-dealkylation sites (tertiary alicyclic amines) is 1. The number of amides is 1. The number of rotatable bonds is 3. The monoisotopic (exact) mass is 317 g/mol. The second kappa shape index (κ2) is 6.40. The van der Waals surface area contributed by atoms with E-state index >= 15 is 0 Å².